The summed E-state index contributed by atoms with van der Waals surface area (Å²) in [5, 5.41) is -0.390. The summed E-state index contributed by atoms with van der Waals surface area (Å²) in [4.78, 5) is 0.346. The fraction of sp³-hybridized carbons (Fsp3) is 0.500. The Bertz CT molecular complexity index is 496. The molecule has 0 aliphatic carbocycles. The van der Waals surface area contributed by atoms with Crippen LogP contribution in [0.2, 0.25) is 0 Å². The second-order valence-corrected chi connectivity index (χ2v) is 7.18. The Hall–Kier alpha value is -0.910. The maximum absolute atomic E-state index is 12.1. The summed E-state index contributed by atoms with van der Waals surface area (Å²) >= 11 is 0. The summed E-state index contributed by atoms with van der Waals surface area (Å²) in [7, 11) is -3.23. The highest BCUT2D eigenvalue weighted by atomic mass is 32.2. The molecular weight excluding hydrogens is 238 g/mol. The standard InChI is InChI=1S/C12H17NO3S/c1-12(2,13)9-3-5-10(6-4-9)17(14,15)11-7-16-8-11/h3-6,11H,7-8,13H2,1-2H3. The van der Waals surface area contributed by atoms with Gasteiger partial charge in [-0.1, -0.05) is 12.1 Å². The van der Waals surface area contributed by atoms with Crippen molar-refractivity contribution in [2.24, 2.45) is 5.73 Å². The fourth-order valence-electron chi connectivity index (χ4n) is 1.66. The monoisotopic (exact) mass is 255 g/mol. The van der Waals surface area contributed by atoms with Crippen molar-refractivity contribution in [1.82, 2.24) is 0 Å². The molecule has 1 saturated heterocycles. The molecule has 4 nitrogen and oxygen atoms in total. The van der Waals surface area contributed by atoms with Gasteiger partial charge in [-0.15, -0.1) is 0 Å². The first-order valence-electron chi connectivity index (χ1n) is 5.53. The van der Waals surface area contributed by atoms with E-state index in [2.05, 4.69) is 0 Å². The van der Waals surface area contributed by atoms with Crippen LogP contribution in [0.3, 0.4) is 0 Å². The number of hydrogen-bond donors (Lipinski definition) is 1. The molecule has 1 aliphatic rings. The predicted molar refractivity (Wildman–Crippen MR) is 65.4 cm³/mol. The minimum atomic E-state index is -3.23. The third-order valence-corrected chi connectivity index (χ3v) is 5.05. The Morgan fingerprint density at radius 1 is 1.24 bits per heavy atom. The maximum Gasteiger partial charge on any atom is 0.185 e. The van der Waals surface area contributed by atoms with Crippen LogP contribution in [-0.2, 0) is 20.1 Å². The third kappa shape index (κ3) is 2.36. The summed E-state index contributed by atoms with van der Waals surface area (Å²) in [5.74, 6) is 0. The number of hydrogen-bond acceptors (Lipinski definition) is 4. The van der Waals surface area contributed by atoms with Gasteiger partial charge in [0.2, 0.25) is 0 Å². The molecule has 0 spiro atoms. The highest BCUT2D eigenvalue weighted by molar-refractivity contribution is 7.92. The summed E-state index contributed by atoms with van der Waals surface area (Å²) in [5.41, 5.74) is 6.40. The molecule has 1 fully saturated rings. The summed E-state index contributed by atoms with van der Waals surface area (Å²) in [6, 6.07) is 6.79. The van der Waals surface area contributed by atoms with E-state index in [4.69, 9.17) is 10.5 Å². The lowest BCUT2D eigenvalue weighted by atomic mass is 9.96. The number of sulfone groups is 1. The average molecular weight is 255 g/mol. The van der Waals surface area contributed by atoms with Gasteiger partial charge in [-0.2, -0.15) is 0 Å². The van der Waals surface area contributed by atoms with Crippen LogP contribution in [0, 0.1) is 0 Å². The van der Waals surface area contributed by atoms with Crippen LogP contribution in [-0.4, -0.2) is 26.9 Å². The molecule has 1 aromatic carbocycles. The molecule has 0 radical (unpaired) electrons. The van der Waals surface area contributed by atoms with Crippen LogP contribution >= 0.6 is 0 Å². The third-order valence-electron chi connectivity index (χ3n) is 2.97. The molecular formula is C12H17NO3S. The molecule has 0 bridgehead atoms. The van der Waals surface area contributed by atoms with Gasteiger partial charge in [-0.3, -0.25) is 0 Å². The predicted octanol–water partition coefficient (Wildman–Crippen LogP) is 1.05. The van der Waals surface area contributed by atoms with Crippen molar-refractivity contribution in [1.29, 1.82) is 0 Å². The van der Waals surface area contributed by atoms with Crippen LogP contribution in [0.15, 0.2) is 29.2 Å². The average Bonchev–Trinajstić information content (AvgIpc) is 2.13. The smallest absolute Gasteiger partial charge is 0.185 e. The molecule has 1 aliphatic heterocycles. The molecule has 2 N–H and O–H groups in total. The molecule has 1 heterocycles. The highest BCUT2D eigenvalue weighted by Gasteiger charge is 2.33. The summed E-state index contributed by atoms with van der Waals surface area (Å²) in [6.45, 7) is 4.37. The van der Waals surface area contributed by atoms with E-state index in [0.29, 0.717) is 18.1 Å². The molecule has 17 heavy (non-hydrogen) atoms. The molecule has 0 amide bonds. The van der Waals surface area contributed by atoms with Gasteiger partial charge in [0.25, 0.3) is 0 Å². The van der Waals surface area contributed by atoms with Crippen LogP contribution in [0.25, 0.3) is 0 Å². The molecule has 0 atom stereocenters. The van der Waals surface area contributed by atoms with Crippen molar-refractivity contribution < 1.29 is 13.2 Å². The quantitative estimate of drug-likeness (QED) is 0.876. The lowest BCUT2D eigenvalue weighted by Gasteiger charge is -2.26. The van der Waals surface area contributed by atoms with Crippen molar-refractivity contribution in [3.63, 3.8) is 0 Å². The summed E-state index contributed by atoms with van der Waals surface area (Å²) in [6.07, 6.45) is 0. The van der Waals surface area contributed by atoms with Crippen molar-refractivity contribution >= 4 is 9.84 Å². The Morgan fingerprint density at radius 3 is 2.12 bits per heavy atom. The Kier molecular flexibility index (Phi) is 3.01. The van der Waals surface area contributed by atoms with Crippen LogP contribution in [0.5, 0.6) is 0 Å². The maximum atomic E-state index is 12.1. The lowest BCUT2D eigenvalue weighted by molar-refractivity contribution is 0.0416. The lowest BCUT2D eigenvalue weighted by Crippen LogP contribution is -2.40. The number of nitrogens with two attached hydrogens (primary N) is 1. The second kappa shape index (κ2) is 4.08. The first-order chi connectivity index (χ1) is 7.82. The second-order valence-electron chi connectivity index (χ2n) is 4.95. The fourth-order valence-corrected chi connectivity index (χ4v) is 3.11. The van der Waals surface area contributed by atoms with E-state index in [0.717, 1.165) is 5.56 Å². The van der Waals surface area contributed by atoms with Crippen LogP contribution < -0.4 is 5.73 Å². The Morgan fingerprint density at radius 2 is 1.76 bits per heavy atom. The van der Waals surface area contributed by atoms with E-state index >= 15 is 0 Å². The number of ether oxygens (including phenoxy) is 1. The SMILES string of the molecule is CC(C)(N)c1ccc(S(=O)(=O)C2COC2)cc1. The van der Waals surface area contributed by atoms with E-state index < -0.39 is 15.4 Å². The Balaban J connectivity index is 2.29. The zero-order chi connectivity index (χ0) is 12.7. The van der Waals surface area contributed by atoms with Gasteiger partial charge in [-0.05, 0) is 31.5 Å². The van der Waals surface area contributed by atoms with E-state index in [9.17, 15) is 8.42 Å². The zero-order valence-electron chi connectivity index (χ0n) is 10.0. The first kappa shape index (κ1) is 12.5. The van der Waals surface area contributed by atoms with E-state index in [1.807, 2.05) is 13.8 Å². The van der Waals surface area contributed by atoms with Gasteiger partial charge < -0.3 is 10.5 Å². The highest BCUT2D eigenvalue weighted by Crippen LogP contribution is 2.24. The van der Waals surface area contributed by atoms with E-state index in [1.54, 1.807) is 24.3 Å². The van der Waals surface area contributed by atoms with Gasteiger partial charge in [0.1, 0.15) is 5.25 Å². The van der Waals surface area contributed by atoms with Gasteiger partial charge in [-0.25, -0.2) is 8.42 Å². The number of rotatable bonds is 3. The molecule has 1 aromatic rings. The minimum absolute atomic E-state index is 0.298. The first-order valence-corrected chi connectivity index (χ1v) is 7.07. The summed E-state index contributed by atoms with van der Waals surface area (Å²) < 4.78 is 29.0. The van der Waals surface area contributed by atoms with Gasteiger partial charge in [0, 0.05) is 5.54 Å². The Labute approximate surface area is 102 Å². The molecule has 0 unspecified atom stereocenters. The van der Waals surface area contributed by atoms with Gasteiger partial charge >= 0.3 is 0 Å². The topological polar surface area (TPSA) is 69.4 Å². The van der Waals surface area contributed by atoms with Crippen molar-refractivity contribution in [3.05, 3.63) is 29.8 Å². The van der Waals surface area contributed by atoms with Crippen molar-refractivity contribution in [2.45, 2.75) is 29.5 Å². The zero-order valence-corrected chi connectivity index (χ0v) is 10.8. The normalized spacial score (nSPS) is 17.8. The van der Waals surface area contributed by atoms with E-state index in [-0.39, 0.29) is 5.25 Å². The van der Waals surface area contributed by atoms with Crippen molar-refractivity contribution in [3.8, 4) is 0 Å². The van der Waals surface area contributed by atoms with Gasteiger partial charge in [0.05, 0.1) is 18.1 Å². The van der Waals surface area contributed by atoms with Crippen LogP contribution in [0.1, 0.15) is 19.4 Å². The molecule has 0 saturated carbocycles. The number of benzene rings is 1. The minimum Gasteiger partial charge on any atom is -0.379 e. The van der Waals surface area contributed by atoms with E-state index in [1.165, 1.54) is 0 Å². The molecule has 5 heteroatoms. The van der Waals surface area contributed by atoms with Gasteiger partial charge in [0.15, 0.2) is 9.84 Å². The van der Waals surface area contributed by atoms with Crippen LogP contribution in [0.4, 0.5) is 0 Å². The largest absolute Gasteiger partial charge is 0.379 e. The van der Waals surface area contributed by atoms with Crippen molar-refractivity contribution in [2.75, 3.05) is 13.2 Å². The molecule has 94 valence electrons. The molecule has 0 aromatic heterocycles. The molecule has 2 rings (SSSR count).